The van der Waals surface area contributed by atoms with Gasteiger partial charge in [-0.15, -0.1) is 0 Å². The summed E-state index contributed by atoms with van der Waals surface area (Å²) in [5.41, 5.74) is 1.73. The first kappa shape index (κ1) is 20.2. The average Bonchev–Trinajstić information content (AvgIpc) is 2.73. The summed E-state index contributed by atoms with van der Waals surface area (Å²) in [6, 6.07) is 17.6. The Morgan fingerprint density at radius 2 is 1.72 bits per heavy atom. The van der Waals surface area contributed by atoms with Crippen LogP contribution in [-0.2, 0) is 6.42 Å². The van der Waals surface area contributed by atoms with Crippen LogP contribution in [0.4, 0.5) is 11.4 Å². The zero-order chi connectivity index (χ0) is 21.0. The molecule has 0 radical (unpaired) electrons. The minimum absolute atomic E-state index is 0.0617. The minimum atomic E-state index is -0.654. The molecule has 0 unspecified atom stereocenters. The minimum Gasteiger partial charge on any atom is -0.322 e. The lowest BCUT2D eigenvalue weighted by Gasteiger charge is -2.11. The third-order valence-corrected chi connectivity index (χ3v) is 4.73. The number of benzene rings is 3. The molecule has 0 atom stereocenters. The van der Waals surface area contributed by atoms with Gasteiger partial charge in [0.05, 0.1) is 10.5 Å². The summed E-state index contributed by atoms with van der Waals surface area (Å²) in [5.74, 6) is -0.941. The number of carbonyl (C=O) groups is 2. The molecule has 0 aliphatic carbocycles. The zero-order valence-electron chi connectivity index (χ0n) is 15.5. The molecule has 6 nitrogen and oxygen atoms in total. The van der Waals surface area contributed by atoms with Gasteiger partial charge in [0.25, 0.3) is 11.6 Å². The van der Waals surface area contributed by atoms with Gasteiger partial charge in [-0.1, -0.05) is 48.9 Å². The number of carbonyl (C=O) groups excluding carboxylic acids is 2. The van der Waals surface area contributed by atoms with Crippen LogP contribution in [0.3, 0.4) is 0 Å². The van der Waals surface area contributed by atoms with Crippen molar-refractivity contribution in [2.45, 2.75) is 13.3 Å². The van der Waals surface area contributed by atoms with E-state index in [4.69, 9.17) is 11.6 Å². The van der Waals surface area contributed by atoms with E-state index < -0.39 is 16.6 Å². The number of anilines is 1. The molecule has 146 valence electrons. The molecule has 3 rings (SSSR count). The zero-order valence-corrected chi connectivity index (χ0v) is 16.3. The highest BCUT2D eigenvalue weighted by atomic mass is 35.5. The van der Waals surface area contributed by atoms with Gasteiger partial charge in [0.15, 0.2) is 5.78 Å². The van der Waals surface area contributed by atoms with Crippen LogP contribution in [0.15, 0.2) is 66.7 Å². The van der Waals surface area contributed by atoms with E-state index in [0.717, 1.165) is 18.1 Å². The Bertz CT molecular complexity index is 1110. The Labute approximate surface area is 172 Å². The van der Waals surface area contributed by atoms with Crippen molar-refractivity contribution in [3.05, 3.63) is 104 Å². The smallest absolute Gasteiger partial charge is 0.288 e. The van der Waals surface area contributed by atoms with Crippen molar-refractivity contribution in [2.24, 2.45) is 0 Å². The third-order valence-electron chi connectivity index (χ3n) is 4.41. The first-order valence-electron chi connectivity index (χ1n) is 8.88. The van der Waals surface area contributed by atoms with E-state index in [1.165, 1.54) is 24.3 Å². The summed E-state index contributed by atoms with van der Waals surface area (Å²) in [6.45, 7) is 2.01. The summed E-state index contributed by atoms with van der Waals surface area (Å²) in [6.07, 6.45) is 0.828. The van der Waals surface area contributed by atoms with Crippen molar-refractivity contribution in [3.8, 4) is 0 Å². The lowest BCUT2D eigenvalue weighted by Crippen LogP contribution is -2.17. The quantitative estimate of drug-likeness (QED) is 0.340. The molecular weight excluding hydrogens is 392 g/mol. The molecule has 0 saturated carbocycles. The summed E-state index contributed by atoms with van der Waals surface area (Å²) >= 11 is 5.82. The Hall–Kier alpha value is -3.51. The molecule has 3 aromatic rings. The highest BCUT2D eigenvalue weighted by Crippen LogP contribution is 2.27. The van der Waals surface area contributed by atoms with Gasteiger partial charge < -0.3 is 5.32 Å². The van der Waals surface area contributed by atoms with Crippen LogP contribution in [0.2, 0.25) is 5.02 Å². The molecular formula is C22H17ClN2O4. The third kappa shape index (κ3) is 4.50. The van der Waals surface area contributed by atoms with E-state index in [9.17, 15) is 19.7 Å². The summed E-state index contributed by atoms with van der Waals surface area (Å²) < 4.78 is 0. The van der Waals surface area contributed by atoms with Gasteiger partial charge in [0, 0.05) is 22.9 Å². The largest absolute Gasteiger partial charge is 0.322 e. The van der Waals surface area contributed by atoms with Gasteiger partial charge in [-0.05, 0) is 42.3 Å². The number of rotatable bonds is 6. The Morgan fingerprint density at radius 3 is 2.41 bits per heavy atom. The number of ketones is 1. The first-order chi connectivity index (χ1) is 13.9. The first-order valence-corrected chi connectivity index (χ1v) is 9.26. The van der Waals surface area contributed by atoms with Crippen molar-refractivity contribution in [2.75, 3.05) is 5.32 Å². The van der Waals surface area contributed by atoms with E-state index in [2.05, 4.69) is 5.32 Å². The number of nitro benzene ring substituents is 1. The highest BCUT2D eigenvalue weighted by molar-refractivity contribution is 6.33. The van der Waals surface area contributed by atoms with Crippen LogP contribution >= 0.6 is 11.6 Å². The van der Waals surface area contributed by atoms with Gasteiger partial charge >= 0.3 is 0 Å². The van der Waals surface area contributed by atoms with Crippen LogP contribution in [0.25, 0.3) is 0 Å². The number of hydrogen-bond acceptors (Lipinski definition) is 4. The molecule has 0 fully saturated rings. The topological polar surface area (TPSA) is 89.3 Å². The standard InChI is InChI=1S/C22H17ClN2O4/c1-2-14-6-5-7-16(12-14)24-22(27)18-9-4-3-8-17(18)21(26)15-10-11-19(23)20(13-15)25(28)29/h3-13H,2H2,1H3,(H,24,27). The number of hydrogen-bond donors (Lipinski definition) is 1. The normalized spacial score (nSPS) is 10.4. The fourth-order valence-electron chi connectivity index (χ4n) is 2.90. The van der Waals surface area contributed by atoms with E-state index in [1.54, 1.807) is 18.2 Å². The van der Waals surface area contributed by atoms with E-state index in [1.807, 2.05) is 25.1 Å². The average molecular weight is 409 g/mol. The number of nitrogens with one attached hydrogen (secondary N) is 1. The van der Waals surface area contributed by atoms with Crippen LogP contribution < -0.4 is 5.32 Å². The highest BCUT2D eigenvalue weighted by Gasteiger charge is 2.21. The fourth-order valence-corrected chi connectivity index (χ4v) is 3.08. The predicted molar refractivity (Wildman–Crippen MR) is 112 cm³/mol. The fraction of sp³-hybridized carbons (Fsp3) is 0.0909. The summed E-state index contributed by atoms with van der Waals surface area (Å²) in [7, 11) is 0. The molecule has 0 aliphatic heterocycles. The maximum atomic E-state index is 13.0. The second-order valence-electron chi connectivity index (χ2n) is 6.31. The van der Waals surface area contributed by atoms with Crippen molar-refractivity contribution in [3.63, 3.8) is 0 Å². The molecule has 0 heterocycles. The monoisotopic (exact) mass is 408 g/mol. The van der Waals surface area contributed by atoms with E-state index in [0.29, 0.717) is 5.69 Å². The van der Waals surface area contributed by atoms with Crippen LogP contribution in [0.5, 0.6) is 0 Å². The lowest BCUT2D eigenvalue weighted by molar-refractivity contribution is -0.384. The Morgan fingerprint density at radius 1 is 1.00 bits per heavy atom. The molecule has 0 bridgehead atoms. The van der Waals surface area contributed by atoms with Gasteiger partial charge in [0.2, 0.25) is 0 Å². The van der Waals surface area contributed by atoms with E-state index in [-0.39, 0.29) is 27.4 Å². The van der Waals surface area contributed by atoms with Crippen molar-refractivity contribution in [1.29, 1.82) is 0 Å². The molecule has 0 spiro atoms. The summed E-state index contributed by atoms with van der Waals surface area (Å²) in [4.78, 5) is 36.2. The molecule has 29 heavy (non-hydrogen) atoms. The van der Waals surface area contributed by atoms with Crippen LogP contribution in [0.1, 0.15) is 38.8 Å². The van der Waals surface area contributed by atoms with Gasteiger partial charge in [-0.3, -0.25) is 19.7 Å². The van der Waals surface area contributed by atoms with E-state index >= 15 is 0 Å². The second kappa shape index (κ2) is 8.67. The molecule has 0 aliphatic rings. The number of amides is 1. The number of nitro groups is 1. The molecule has 0 saturated heterocycles. The number of aryl methyl sites for hydroxylation is 1. The molecule has 7 heteroatoms. The Balaban J connectivity index is 1.94. The number of nitrogens with zero attached hydrogens (tertiary/aromatic N) is 1. The van der Waals surface area contributed by atoms with Crippen LogP contribution in [-0.4, -0.2) is 16.6 Å². The van der Waals surface area contributed by atoms with Crippen molar-refractivity contribution < 1.29 is 14.5 Å². The maximum Gasteiger partial charge on any atom is 0.288 e. The van der Waals surface area contributed by atoms with Crippen LogP contribution in [0, 0.1) is 10.1 Å². The molecule has 1 N–H and O–H groups in total. The SMILES string of the molecule is CCc1cccc(NC(=O)c2ccccc2C(=O)c2ccc(Cl)c([N+](=O)[O-])c2)c1. The van der Waals surface area contributed by atoms with Crippen molar-refractivity contribution in [1.82, 2.24) is 0 Å². The summed E-state index contributed by atoms with van der Waals surface area (Å²) in [5, 5.41) is 13.8. The van der Waals surface area contributed by atoms with Gasteiger partial charge in [-0.25, -0.2) is 0 Å². The lowest BCUT2D eigenvalue weighted by atomic mass is 9.97. The number of halogens is 1. The van der Waals surface area contributed by atoms with Gasteiger partial charge in [0.1, 0.15) is 5.02 Å². The molecule has 0 aromatic heterocycles. The van der Waals surface area contributed by atoms with Crippen molar-refractivity contribution >= 4 is 34.7 Å². The Kier molecular flexibility index (Phi) is 6.04. The molecule has 1 amide bonds. The predicted octanol–water partition coefficient (Wildman–Crippen LogP) is 5.29. The maximum absolute atomic E-state index is 13.0. The second-order valence-corrected chi connectivity index (χ2v) is 6.71. The molecule has 3 aromatic carbocycles. The van der Waals surface area contributed by atoms with Gasteiger partial charge in [-0.2, -0.15) is 0 Å².